The maximum atomic E-state index is 12.1. The van der Waals surface area contributed by atoms with E-state index in [9.17, 15) is 4.79 Å². The lowest BCUT2D eigenvalue weighted by Crippen LogP contribution is -2.28. The second-order valence-electron chi connectivity index (χ2n) is 4.12. The van der Waals surface area contributed by atoms with Gasteiger partial charge in [-0.05, 0) is 32.9 Å². The van der Waals surface area contributed by atoms with Gasteiger partial charge in [0.2, 0.25) is 0 Å². The average Bonchev–Trinajstić information content (AvgIpc) is 2.35. The molecule has 0 N–H and O–H groups in total. The predicted molar refractivity (Wildman–Crippen MR) is 72.3 cm³/mol. The fourth-order valence-corrected chi connectivity index (χ4v) is 1.80. The van der Waals surface area contributed by atoms with E-state index < -0.39 is 6.10 Å². The Balaban J connectivity index is 2.56. The molecule has 0 amide bonds. The van der Waals surface area contributed by atoms with E-state index in [0.29, 0.717) is 23.8 Å². The number of Topliss-reactive ketones (excluding diaryl/α,β-unsaturated/α-hetero) is 1. The molecule has 0 aliphatic rings. The van der Waals surface area contributed by atoms with Crippen molar-refractivity contribution in [1.82, 2.24) is 0 Å². The van der Waals surface area contributed by atoms with Crippen LogP contribution in [-0.2, 0) is 9.47 Å². The number of carbonyl (C=O) groups excluding carboxylic acids is 1. The first kappa shape index (κ1) is 15.2. The van der Waals surface area contributed by atoms with E-state index in [4.69, 9.17) is 21.1 Å². The van der Waals surface area contributed by atoms with Crippen LogP contribution in [0.4, 0.5) is 0 Å². The number of ether oxygens (including phenoxy) is 2. The summed E-state index contributed by atoms with van der Waals surface area (Å²) < 4.78 is 10.8. The second-order valence-corrected chi connectivity index (χ2v) is 4.56. The lowest BCUT2D eigenvalue weighted by molar-refractivity contribution is -0.0296. The van der Waals surface area contributed by atoms with Crippen molar-refractivity contribution in [2.45, 2.75) is 33.0 Å². The Bertz CT molecular complexity index is 392. The Morgan fingerprint density at radius 2 is 2.11 bits per heavy atom. The van der Waals surface area contributed by atoms with Gasteiger partial charge in [0.15, 0.2) is 5.78 Å². The van der Waals surface area contributed by atoms with Crippen LogP contribution >= 0.6 is 11.6 Å². The fraction of sp³-hybridized carbons (Fsp3) is 0.500. The molecule has 2 unspecified atom stereocenters. The highest BCUT2D eigenvalue weighted by Gasteiger charge is 2.18. The molecule has 0 fully saturated rings. The van der Waals surface area contributed by atoms with E-state index in [2.05, 4.69) is 0 Å². The van der Waals surface area contributed by atoms with Gasteiger partial charge in [0, 0.05) is 17.2 Å². The van der Waals surface area contributed by atoms with Gasteiger partial charge in [-0.3, -0.25) is 4.79 Å². The van der Waals surface area contributed by atoms with Crippen LogP contribution in [-0.4, -0.2) is 31.2 Å². The highest BCUT2D eigenvalue weighted by atomic mass is 35.5. The molecule has 1 aromatic carbocycles. The highest BCUT2D eigenvalue weighted by molar-refractivity contribution is 6.31. The van der Waals surface area contributed by atoms with Crippen LogP contribution in [0.5, 0.6) is 0 Å². The molecule has 0 radical (unpaired) electrons. The third kappa shape index (κ3) is 4.77. The van der Waals surface area contributed by atoms with Crippen LogP contribution in [0.2, 0.25) is 5.02 Å². The molecule has 0 bridgehead atoms. The van der Waals surface area contributed by atoms with E-state index in [1.165, 1.54) is 0 Å². The SMILES string of the molecule is CCOCC(C)OC(C)C(=O)c1cccc(Cl)c1. The molecule has 0 aliphatic heterocycles. The highest BCUT2D eigenvalue weighted by Crippen LogP contribution is 2.14. The van der Waals surface area contributed by atoms with Gasteiger partial charge in [-0.1, -0.05) is 23.7 Å². The minimum absolute atomic E-state index is 0.0687. The summed E-state index contributed by atoms with van der Waals surface area (Å²) in [5, 5.41) is 0.551. The molecule has 4 heteroatoms. The lowest BCUT2D eigenvalue weighted by Gasteiger charge is -2.18. The van der Waals surface area contributed by atoms with E-state index in [1.807, 2.05) is 13.8 Å². The number of halogens is 1. The van der Waals surface area contributed by atoms with Crippen LogP contribution < -0.4 is 0 Å². The number of carbonyl (C=O) groups is 1. The van der Waals surface area contributed by atoms with Crippen molar-refractivity contribution in [3.63, 3.8) is 0 Å². The normalized spacial score (nSPS) is 14.2. The topological polar surface area (TPSA) is 35.5 Å². The second kappa shape index (κ2) is 7.52. The van der Waals surface area contributed by atoms with Gasteiger partial charge in [0.05, 0.1) is 12.7 Å². The quantitative estimate of drug-likeness (QED) is 0.713. The van der Waals surface area contributed by atoms with Crippen molar-refractivity contribution in [3.8, 4) is 0 Å². The molecule has 0 aromatic heterocycles. The third-order valence-corrected chi connectivity index (χ3v) is 2.71. The Kier molecular flexibility index (Phi) is 6.33. The summed E-state index contributed by atoms with van der Waals surface area (Å²) in [5.74, 6) is -0.0687. The average molecular weight is 271 g/mol. The Hall–Kier alpha value is -0.900. The molecule has 3 nitrogen and oxygen atoms in total. The van der Waals surface area contributed by atoms with Gasteiger partial charge in [0.25, 0.3) is 0 Å². The van der Waals surface area contributed by atoms with Gasteiger partial charge < -0.3 is 9.47 Å². The van der Waals surface area contributed by atoms with Crippen LogP contribution in [0.15, 0.2) is 24.3 Å². The van der Waals surface area contributed by atoms with Crippen molar-refractivity contribution < 1.29 is 14.3 Å². The zero-order valence-corrected chi connectivity index (χ0v) is 11.7. The van der Waals surface area contributed by atoms with Gasteiger partial charge in [-0.15, -0.1) is 0 Å². The number of rotatable bonds is 7. The van der Waals surface area contributed by atoms with Crippen molar-refractivity contribution >= 4 is 17.4 Å². The van der Waals surface area contributed by atoms with E-state index in [-0.39, 0.29) is 11.9 Å². The van der Waals surface area contributed by atoms with Gasteiger partial charge >= 0.3 is 0 Å². The molecule has 100 valence electrons. The first-order valence-corrected chi connectivity index (χ1v) is 6.45. The third-order valence-electron chi connectivity index (χ3n) is 2.47. The van der Waals surface area contributed by atoms with Crippen molar-refractivity contribution in [2.75, 3.05) is 13.2 Å². The van der Waals surface area contributed by atoms with E-state index >= 15 is 0 Å². The molecule has 18 heavy (non-hydrogen) atoms. The minimum Gasteiger partial charge on any atom is -0.379 e. The smallest absolute Gasteiger partial charge is 0.191 e. The Morgan fingerprint density at radius 3 is 2.72 bits per heavy atom. The molecule has 0 saturated heterocycles. The lowest BCUT2D eigenvalue weighted by atomic mass is 10.1. The molecular formula is C14H19ClO3. The summed E-state index contributed by atoms with van der Waals surface area (Å²) in [7, 11) is 0. The molecule has 0 heterocycles. The largest absolute Gasteiger partial charge is 0.379 e. The van der Waals surface area contributed by atoms with Gasteiger partial charge in [0.1, 0.15) is 6.10 Å². The summed E-state index contributed by atoms with van der Waals surface area (Å²) in [5.41, 5.74) is 0.568. The zero-order chi connectivity index (χ0) is 13.5. The number of benzene rings is 1. The molecule has 0 aliphatic carbocycles. The number of hydrogen-bond acceptors (Lipinski definition) is 3. The summed E-state index contributed by atoms with van der Waals surface area (Å²) in [6.07, 6.45) is -0.609. The molecule has 0 saturated carbocycles. The summed E-state index contributed by atoms with van der Waals surface area (Å²) in [6, 6.07) is 6.88. The first-order chi connectivity index (χ1) is 8.54. The van der Waals surface area contributed by atoms with Crippen molar-refractivity contribution in [2.24, 2.45) is 0 Å². The summed E-state index contributed by atoms with van der Waals surface area (Å²) in [6.45, 7) is 6.68. The maximum Gasteiger partial charge on any atom is 0.191 e. The van der Waals surface area contributed by atoms with Gasteiger partial charge in [-0.2, -0.15) is 0 Å². The fourth-order valence-electron chi connectivity index (χ4n) is 1.61. The molecule has 0 spiro atoms. The maximum absolute atomic E-state index is 12.1. The summed E-state index contributed by atoms with van der Waals surface area (Å²) in [4.78, 5) is 12.1. The van der Waals surface area contributed by atoms with Crippen LogP contribution in [0.3, 0.4) is 0 Å². The van der Waals surface area contributed by atoms with E-state index in [0.717, 1.165) is 0 Å². The number of hydrogen-bond donors (Lipinski definition) is 0. The predicted octanol–water partition coefficient (Wildman–Crippen LogP) is 3.35. The van der Waals surface area contributed by atoms with Crippen molar-refractivity contribution in [3.05, 3.63) is 34.9 Å². The van der Waals surface area contributed by atoms with E-state index in [1.54, 1.807) is 31.2 Å². The minimum atomic E-state index is -0.501. The Labute approximate surface area is 113 Å². The zero-order valence-electron chi connectivity index (χ0n) is 11.0. The molecular weight excluding hydrogens is 252 g/mol. The standard InChI is InChI=1S/C14H19ClO3/c1-4-17-9-10(2)18-11(3)14(16)12-6-5-7-13(15)8-12/h5-8,10-11H,4,9H2,1-3H3. The van der Waals surface area contributed by atoms with Crippen molar-refractivity contribution in [1.29, 1.82) is 0 Å². The van der Waals surface area contributed by atoms with Gasteiger partial charge in [-0.25, -0.2) is 0 Å². The molecule has 1 rings (SSSR count). The number of ketones is 1. The van der Waals surface area contributed by atoms with Crippen LogP contribution in [0, 0.1) is 0 Å². The first-order valence-electron chi connectivity index (χ1n) is 6.07. The summed E-state index contributed by atoms with van der Waals surface area (Å²) >= 11 is 5.85. The molecule has 1 aromatic rings. The van der Waals surface area contributed by atoms with Crippen LogP contribution in [0.25, 0.3) is 0 Å². The van der Waals surface area contributed by atoms with Crippen LogP contribution in [0.1, 0.15) is 31.1 Å². The Morgan fingerprint density at radius 1 is 1.39 bits per heavy atom. The molecule has 2 atom stereocenters. The monoisotopic (exact) mass is 270 g/mol.